The van der Waals surface area contributed by atoms with Crippen molar-refractivity contribution in [1.82, 2.24) is 19.9 Å². The Morgan fingerprint density at radius 2 is 2.03 bits per heavy atom. The van der Waals surface area contributed by atoms with Crippen LogP contribution in [0, 0.1) is 6.92 Å². The van der Waals surface area contributed by atoms with Gasteiger partial charge in [0.15, 0.2) is 12.2 Å². The summed E-state index contributed by atoms with van der Waals surface area (Å²) in [5.41, 5.74) is 3.47. The third-order valence-electron chi connectivity index (χ3n) is 4.29. The fraction of sp³-hybridized carbons (Fsp3) is 0.143. The molecule has 0 aliphatic heterocycles. The van der Waals surface area contributed by atoms with E-state index in [4.69, 9.17) is 9.15 Å². The second kappa shape index (κ2) is 8.39. The minimum Gasteiger partial charge on any atom is -0.496 e. The molecule has 0 aliphatic carbocycles. The molecule has 0 saturated heterocycles. The predicted octanol–water partition coefficient (Wildman–Crippen LogP) is 4.20. The molecule has 146 valence electrons. The largest absolute Gasteiger partial charge is 0.496 e. The first-order valence-electron chi connectivity index (χ1n) is 9.04. The van der Waals surface area contributed by atoms with Crippen LogP contribution in [0.25, 0.3) is 11.3 Å². The first kappa shape index (κ1) is 18.4. The molecular weight excluding hydrogens is 368 g/mol. The molecular formula is C21H20N6O2. The van der Waals surface area contributed by atoms with Crippen LogP contribution in [0.15, 0.2) is 65.8 Å². The molecule has 0 radical (unpaired) electrons. The van der Waals surface area contributed by atoms with Gasteiger partial charge in [0.1, 0.15) is 11.6 Å². The molecule has 0 bridgehead atoms. The maximum atomic E-state index is 5.42. The summed E-state index contributed by atoms with van der Waals surface area (Å²) in [7, 11) is 1.62. The summed E-state index contributed by atoms with van der Waals surface area (Å²) in [6.45, 7) is 2.54. The summed E-state index contributed by atoms with van der Waals surface area (Å²) in [6.07, 6.45) is 6.57. The fourth-order valence-electron chi connectivity index (χ4n) is 2.81. The van der Waals surface area contributed by atoms with Crippen molar-refractivity contribution in [2.75, 3.05) is 17.7 Å². The zero-order valence-electron chi connectivity index (χ0n) is 16.1. The van der Waals surface area contributed by atoms with Gasteiger partial charge in [0.05, 0.1) is 31.1 Å². The minimum atomic E-state index is 0.479. The summed E-state index contributed by atoms with van der Waals surface area (Å²) in [5.74, 6) is 2.54. The second-order valence-electron chi connectivity index (χ2n) is 6.31. The molecule has 0 unspecified atom stereocenters. The van der Waals surface area contributed by atoms with Crippen LogP contribution in [0.3, 0.4) is 0 Å². The Bertz CT molecular complexity index is 1080. The Kier molecular flexibility index (Phi) is 5.33. The molecule has 0 aliphatic rings. The van der Waals surface area contributed by atoms with Gasteiger partial charge < -0.3 is 19.8 Å². The third-order valence-corrected chi connectivity index (χ3v) is 4.29. The van der Waals surface area contributed by atoms with E-state index in [1.54, 1.807) is 25.7 Å². The average Bonchev–Trinajstić information content (AvgIpc) is 3.29. The molecule has 3 aromatic heterocycles. The number of hydrogen-bond acceptors (Lipinski definition) is 8. The maximum Gasteiger partial charge on any atom is 0.229 e. The zero-order chi connectivity index (χ0) is 20.1. The van der Waals surface area contributed by atoms with E-state index in [9.17, 15) is 0 Å². The van der Waals surface area contributed by atoms with E-state index < -0.39 is 0 Å². The third kappa shape index (κ3) is 4.32. The van der Waals surface area contributed by atoms with Gasteiger partial charge in [0.2, 0.25) is 5.95 Å². The van der Waals surface area contributed by atoms with Gasteiger partial charge >= 0.3 is 0 Å². The number of pyridine rings is 1. The van der Waals surface area contributed by atoms with Crippen LogP contribution < -0.4 is 15.4 Å². The minimum absolute atomic E-state index is 0.479. The lowest BCUT2D eigenvalue weighted by Gasteiger charge is -2.12. The lowest BCUT2D eigenvalue weighted by molar-refractivity contribution is 0.414. The summed E-state index contributed by atoms with van der Waals surface area (Å²) < 4.78 is 10.8. The number of rotatable bonds is 7. The normalized spacial score (nSPS) is 10.6. The van der Waals surface area contributed by atoms with Crippen molar-refractivity contribution in [2.45, 2.75) is 13.5 Å². The van der Waals surface area contributed by atoms with Gasteiger partial charge in [0, 0.05) is 23.6 Å². The second-order valence-corrected chi connectivity index (χ2v) is 6.31. The number of ether oxygens (including phenoxy) is 1. The van der Waals surface area contributed by atoms with Gasteiger partial charge in [-0.2, -0.15) is 4.98 Å². The lowest BCUT2D eigenvalue weighted by atomic mass is 10.1. The first-order valence-corrected chi connectivity index (χ1v) is 9.04. The monoisotopic (exact) mass is 388 g/mol. The van der Waals surface area contributed by atoms with E-state index in [2.05, 4.69) is 30.6 Å². The fourth-order valence-corrected chi connectivity index (χ4v) is 2.81. The Labute approximate surface area is 168 Å². The number of nitrogens with one attached hydrogen (secondary N) is 2. The van der Waals surface area contributed by atoms with Crippen molar-refractivity contribution in [3.63, 3.8) is 0 Å². The molecule has 3 heterocycles. The van der Waals surface area contributed by atoms with Gasteiger partial charge in [-0.15, -0.1) is 0 Å². The molecule has 4 aromatic rings. The van der Waals surface area contributed by atoms with Gasteiger partial charge in [0.25, 0.3) is 0 Å². The van der Waals surface area contributed by atoms with E-state index in [-0.39, 0.29) is 0 Å². The number of hydrogen-bond donors (Lipinski definition) is 2. The number of oxazole rings is 1. The number of aromatic nitrogens is 4. The quantitative estimate of drug-likeness (QED) is 0.486. The van der Waals surface area contributed by atoms with E-state index in [1.165, 1.54) is 6.39 Å². The van der Waals surface area contributed by atoms with Crippen molar-refractivity contribution in [1.29, 1.82) is 0 Å². The highest BCUT2D eigenvalue weighted by atomic mass is 16.5. The van der Waals surface area contributed by atoms with E-state index >= 15 is 0 Å². The zero-order valence-corrected chi connectivity index (χ0v) is 16.1. The molecule has 0 spiro atoms. The molecule has 29 heavy (non-hydrogen) atoms. The van der Waals surface area contributed by atoms with Crippen LogP contribution in [0.2, 0.25) is 0 Å². The average molecular weight is 388 g/mol. The summed E-state index contributed by atoms with van der Waals surface area (Å²) in [6, 6.07) is 11.5. The summed E-state index contributed by atoms with van der Waals surface area (Å²) in [4.78, 5) is 17.3. The van der Waals surface area contributed by atoms with Crippen LogP contribution in [0.5, 0.6) is 5.75 Å². The van der Waals surface area contributed by atoms with Gasteiger partial charge in [-0.05, 0) is 37.3 Å². The Balaban J connectivity index is 1.54. The molecule has 2 N–H and O–H groups in total. The van der Waals surface area contributed by atoms with Crippen LogP contribution >= 0.6 is 0 Å². The lowest BCUT2D eigenvalue weighted by Crippen LogP contribution is -2.07. The predicted molar refractivity (Wildman–Crippen MR) is 110 cm³/mol. The molecule has 0 fully saturated rings. The number of anilines is 3. The highest BCUT2D eigenvalue weighted by Gasteiger charge is 2.11. The van der Waals surface area contributed by atoms with Crippen LogP contribution in [-0.4, -0.2) is 27.0 Å². The molecule has 0 atom stereocenters. The SMILES string of the molecule is COc1ccc(Nc2ncc(C)c(NCc3ccccn3)n2)cc1-c1cnco1. The molecule has 1 aromatic carbocycles. The van der Waals surface area contributed by atoms with Crippen molar-refractivity contribution in [3.8, 4) is 17.1 Å². The molecule has 0 saturated carbocycles. The standard InChI is InChI=1S/C21H20N6O2/c1-14-10-25-21(27-20(14)24-11-16-5-3-4-8-23-16)26-15-6-7-18(28-2)17(9-15)19-12-22-13-29-19/h3-10,12-13H,11H2,1-2H3,(H2,24,25,26,27). The molecule has 8 heteroatoms. The number of aryl methyl sites for hydroxylation is 1. The van der Waals surface area contributed by atoms with Gasteiger partial charge in [-0.25, -0.2) is 9.97 Å². The Morgan fingerprint density at radius 1 is 1.10 bits per heavy atom. The first-order chi connectivity index (χ1) is 14.2. The summed E-state index contributed by atoms with van der Waals surface area (Å²) >= 11 is 0. The van der Waals surface area contributed by atoms with E-state index in [1.807, 2.05) is 43.3 Å². The smallest absolute Gasteiger partial charge is 0.229 e. The topological polar surface area (TPSA) is 98.0 Å². The summed E-state index contributed by atoms with van der Waals surface area (Å²) in [5, 5.41) is 6.54. The van der Waals surface area contributed by atoms with Crippen LogP contribution in [0.1, 0.15) is 11.3 Å². The number of nitrogens with zero attached hydrogens (tertiary/aromatic N) is 4. The van der Waals surface area contributed by atoms with Crippen molar-refractivity contribution in [3.05, 3.63) is 72.6 Å². The van der Waals surface area contributed by atoms with E-state index in [0.717, 1.165) is 28.3 Å². The molecule has 0 amide bonds. The van der Waals surface area contributed by atoms with Gasteiger partial charge in [-0.1, -0.05) is 6.07 Å². The Hall–Kier alpha value is -3.94. The Morgan fingerprint density at radius 3 is 2.79 bits per heavy atom. The number of methoxy groups -OCH3 is 1. The maximum absolute atomic E-state index is 5.42. The number of benzene rings is 1. The van der Waals surface area contributed by atoms with Crippen molar-refractivity contribution in [2.24, 2.45) is 0 Å². The molecule has 4 rings (SSSR count). The van der Waals surface area contributed by atoms with Crippen LogP contribution in [-0.2, 0) is 6.54 Å². The van der Waals surface area contributed by atoms with Crippen molar-refractivity contribution >= 4 is 17.5 Å². The molecule has 8 nitrogen and oxygen atoms in total. The highest BCUT2D eigenvalue weighted by Crippen LogP contribution is 2.33. The van der Waals surface area contributed by atoms with Crippen LogP contribution in [0.4, 0.5) is 17.5 Å². The van der Waals surface area contributed by atoms with Crippen molar-refractivity contribution < 1.29 is 9.15 Å². The highest BCUT2D eigenvalue weighted by molar-refractivity contribution is 5.72. The van der Waals surface area contributed by atoms with E-state index in [0.29, 0.717) is 24.0 Å². The van der Waals surface area contributed by atoms with Gasteiger partial charge in [-0.3, -0.25) is 4.98 Å².